The van der Waals surface area contributed by atoms with E-state index in [2.05, 4.69) is 15.5 Å². The van der Waals surface area contributed by atoms with Gasteiger partial charge in [0, 0.05) is 11.6 Å². The second kappa shape index (κ2) is 8.48. The molecule has 0 aliphatic heterocycles. The molecule has 0 saturated heterocycles. The van der Waals surface area contributed by atoms with Gasteiger partial charge in [-0.3, -0.25) is 4.79 Å². The average molecular weight is 364 g/mol. The lowest BCUT2D eigenvalue weighted by molar-refractivity contribution is -0.115. The third kappa shape index (κ3) is 4.82. The van der Waals surface area contributed by atoms with E-state index >= 15 is 0 Å². The summed E-state index contributed by atoms with van der Waals surface area (Å²) in [7, 11) is 0. The maximum absolute atomic E-state index is 12.3. The molecule has 1 heterocycles. The van der Waals surface area contributed by atoms with Crippen LogP contribution in [0.3, 0.4) is 0 Å². The Hall–Kier alpha value is -2.36. The lowest BCUT2D eigenvalue weighted by atomic mass is 10.3. The Morgan fingerprint density at radius 3 is 2.67 bits per heavy atom. The number of hydrogen-bond donors (Lipinski definition) is 1. The second-order valence-electron chi connectivity index (χ2n) is 4.98. The highest BCUT2D eigenvalue weighted by Crippen LogP contribution is 2.25. The van der Waals surface area contributed by atoms with Gasteiger partial charge in [-0.25, -0.2) is 0 Å². The number of nitrogens with one attached hydrogen (secondary N) is 1. The van der Waals surface area contributed by atoms with Gasteiger partial charge in [0.1, 0.15) is 6.07 Å². The summed E-state index contributed by atoms with van der Waals surface area (Å²) in [4.78, 5) is 14.1. The molecule has 1 amide bonds. The highest BCUT2D eigenvalue weighted by Gasteiger charge is 2.14. The number of nitriles is 1. The first-order valence-electron chi connectivity index (χ1n) is 7.27. The third-order valence-corrected chi connectivity index (χ3v) is 3.67. The summed E-state index contributed by atoms with van der Waals surface area (Å²) >= 11 is 11.9. The van der Waals surface area contributed by atoms with Gasteiger partial charge in [0.25, 0.3) is 0 Å². The van der Waals surface area contributed by atoms with Crippen molar-refractivity contribution in [1.82, 2.24) is 10.2 Å². The molecule has 2 aromatic rings. The van der Waals surface area contributed by atoms with Gasteiger partial charge < -0.3 is 10.2 Å². The smallest absolute Gasteiger partial charge is 0.243 e. The van der Waals surface area contributed by atoms with Crippen molar-refractivity contribution in [2.45, 2.75) is 13.3 Å². The van der Waals surface area contributed by atoms with E-state index in [-0.39, 0.29) is 18.1 Å². The Morgan fingerprint density at radius 1 is 1.29 bits per heavy atom. The first-order valence-corrected chi connectivity index (χ1v) is 8.02. The Balaban J connectivity index is 2.08. The molecule has 6 nitrogen and oxygen atoms in total. The molecule has 0 atom stereocenters. The Labute approximate surface area is 150 Å². The first-order chi connectivity index (χ1) is 11.5. The van der Waals surface area contributed by atoms with E-state index in [1.165, 1.54) is 0 Å². The van der Waals surface area contributed by atoms with Gasteiger partial charge in [-0.15, -0.1) is 10.2 Å². The van der Waals surface area contributed by atoms with Crippen LogP contribution in [0.4, 0.5) is 11.5 Å². The van der Waals surface area contributed by atoms with Crippen LogP contribution in [-0.4, -0.2) is 29.2 Å². The van der Waals surface area contributed by atoms with E-state index < -0.39 is 0 Å². The molecule has 0 bridgehead atoms. The number of benzene rings is 1. The SMILES string of the molecule is CCCN(CC(=O)Nc1ccc(Cl)cc1Cl)c1ccc(C#N)nn1. The van der Waals surface area contributed by atoms with Crippen LogP contribution in [0.15, 0.2) is 30.3 Å². The molecule has 1 aromatic heterocycles. The highest BCUT2D eigenvalue weighted by molar-refractivity contribution is 6.36. The minimum atomic E-state index is -0.237. The van der Waals surface area contributed by atoms with Crippen LogP contribution >= 0.6 is 23.2 Å². The van der Waals surface area contributed by atoms with E-state index in [1.807, 2.05) is 13.0 Å². The number of anilines is 2. The van der Waals surface area contributed by atoms with E-state index in [1.54, 1.807) is 35.2 Å². The molecule has 0 aliphatic rings. The van der Waals surface area contributed by atoms with Gasteiger partial charge in [-0.1, -0.05) is 30.1 Å². The molecular formula is C16H15Cl2N5O. The van der Waals surface area contributed by atoms with Crippen molar-refractivity contribution in [1.29, 1.82) is 5.26 Å². The number of aromatic nitrogens is 2. The van der Waals surface area contributed by atoms with Gasteiger partial charge in [0.2, 0.25) is 5.91 Å². The predicted octanol–water partition coefficient (Wildman–Crippen LogP) is 3.51. The normalized spacial score (nSPS) is 10.1. The zero-order valence-corrected chi connectivity index (χ0v) is 14.5. The minimum absolute atomic E-state index is 0.0907. The van der Waals surface area contributed by atoms with E-state index in [0.29, 0.717) is 28.1 Å². The summed E-state index contributed by atoms with van der Waals surface area (Å²) in [6.45, 7) is 2.72. The zero-order chi connectivity index (χ0) is 17.5. The van der Waals surface area contributed by atoms with Crippen LogP contribution in [0.5, 0.6) is 0 Å². The van der Waals surface area contributed by atoms with E-state index in [0.717, 1.165) is 6.42 Å². The minimum Gasteiger partial charge on any atom is -0.346 e. The van der Waals surface area contributed by atoms with Crippen LogP contribution in [-0.2, 0) is 4.79 Å². The van der Waals surface area contributed by atoms with Gasteiger partial charge in [0.05, 0.1) is 17.3 Å². The Kier molecular flexibility index (Phi) is 6.36. The maximum Gasteiger partial charge on any atom is 0.243 e. The fourth-order valence-electron chi connectivity index (χ4n) is 2.05. The summed E-state index contributed by atoms with van der Waals surface area (Å²) in [5, 5.41) is 20.2. The molecule has 0 saturated carbocycles. The number of amides is 1. The highest BCUT2D eigenvalue weighted by atomic mass is 35.5. The number of carbonyl (C=O) groups is 1. The monoisotopic (exact) mass is 363 g/mol. The number of hydrogen-bond acceptors (Lipinski definition) is 5. The number of rotatable bonds is 6. The van der Waals surface area contributed by atoms with Crippen molar-refractivity contribution < 1.29 is 4.79 Å². The van der Waals surface area contributed by atoms with Crippen LogP contribution in [0.1, 0.15) is 19.0 Å². The van der Waals surface area contributed by atoms with Gasteiger partial charge in [-0.2, -0.15) is 5.26 Å². The summed E-state index contributed by atoms with van der Waals surface area (Å²) in [6, 6.07) is 10.0. The van der Waals surface area contributed by atoms with Crippen LogP contribution < -0.4 is 10.2 Å². The predicted molar refractivity (Wildman–Crippen MR) is 94.3 cm³/mol. The van der Waals surface area contributed by atoms with Crippen LogP contribution in [0, 0.1) is 11.3 Å². The molecule has 8 heteroatoms. The number of halogens is 2. The molecular weight excluding hydrogens is 349 g/mol. The molecule has 124 valence electrons. The first kappa shape index (κ1) is 18.0. The summed E-state index contributed by atoms with van der Waals surface area (Å²) in [5.74, 6) is 0.298. The third-order valence-electron chi connectivity index (χ3n) is 3.12. The van der Waals surface area contributed by atoms with Gasteiger partial charge >= 0.3 is 0 Å². The van der Waals surface area contributed by atoms with E-state index in [9.17, 15) is 4.79 Å². The quantitative estimate of drug-likeness (QED) is 0.848. The van der Waals surface area contributed by atoms with Gasteiger partial charge in [0.15, 0.2) is 11.5 Å². The largest absolute Gasteiger partial charge is 0.346 e. The molecule has 2 rings (SSSR count). The molecule has 24 heavy (non-hydrogen) atoms. The van der Waals surface area contributed by atoms with E-state index in [4.69, 9.17) is 28.5 Å². The lowest BCUT2D eigenvalue weighted by Gasteiger charge is -2.22. The Bertz CT molecular complexity index is 758. The summed E-state index contributed by atoms with van der Waals surface area (Å²) in [6.07, 6.45) is 0.830. The molecule has 0 unspecified atom stereocenters. The van der Waals surface area contributed by atoms with Gasteiger partial charge in [-0.05, 0) is 36.8 Å². The Morgan fingerprint density at radius 2 is 2.08 bits per heavy atom. The lowest BCUT2D eigenvalue weighted by Crippen LogP contribution is -2.34. The molecule has 1 aromatic carbocycles. The van der Waals surface area contributed by atoms with Crippen molar-refractivity contribution in [2.75, 3.05) is 23.3 Å². The fraction of sp³-hybridized carbons (Fsp3) is 0.250. The summed E-state index contributed by atoms with van der Waals surface area (Å²) < 4.78 is 0. The summed E-state index contributed by atoms with van der Waals surface area (Å²) in [5.41, 5.74) is 0.723. The van der Waals surface area contributed by atoms with Crippen LogP contribution in [0.2, 0.25) is 10.0 Å². The van der Waals surface area contributed by atoms with Crippen LogP contribution in [0.25, 0.3) is 0 Å². The van der Waals surface area contributed by atoms with Crippen molar-refractivity contribution in [3.63, 3.8) is 0 Å². The topological polar surface area (TPSA) is 81.9 Å². The number of carbonyl (C=O) groups excluding carboxylic acids is 1. The van der Waals surface area contributed by atoms with Crippen molar-refractivity contribution in [3.8, 4) is 6.07 Å². The maximum atomic E-state index is 12.3. The average Bonchev–Trinajstić information content (AvgIpc) is 2.57. The second-order valence-corrected chi connectivity index (χ2v) is 5.83. The molecule has 1 N–H and O–H groups in total. The standard InChI is InChI=1S/C16H15Cl2N5O/c1-2-7-23(15-6-4-12(9-19)21-22-15)10-16(24)20-14-5-3-11(17)8-13(14)18/h3-6,8H,2,7,10H2,1H3,(H,20,24). The number of nitrogens with zero attached hydrogens (tertiary/aromatic N) is 4. The van der Waals surface area contributed by atoms with Crippen molar-refractivity contribution in [2.24, 2.45) is 0 Å². The zero-order valence-electron chi connectivity index (χ0n) is 13.0. The molecule has 0 radical (unpaired) electrons. The van der Waals surface area contributed by atoms with Crippen molar-refractivity contribution in [3.05, 3.63) is 46.1 Å². The molecule has 0 aliphatic carbocycles. The molecule has 0 spiro atoms. The molecule has 0 fully saturated rings. The van der Waals surface area contributed by atoms with Crippen molar-refractivity contribution >= 4 is 40.6 Å². The fourth-order valence-corrected chi connectivity index (χ4v) is 2.51.